The van der Waals surface area contributed by atoms with Gasteiger partial charge in [0.15, 0.2) is 0 Å². The van der Waals surface area contributed by atoms with Crippen molar-refractivity contribution in [3.8, 4) is 0 Å². The number of likely N-dealkylation sites (N-methyl/N-ethyl adjacent to an activating group) is 1. The molecular formula is C15H24N2O3. The predicted molar refractivity (Wildman–Crippen MR) is 81.1 cm³/mol. The fraction of sp³-hybridized carbons (Fsp3) is 0.533. The van der Waals surface area contributed by atoms with Crippen LogP contribution >= 0.6 is 0 Å². The molecule has 5 heteroatoms. The van der Waals surface area contributed by atoms with Crippen molar-refractivity contribution >= 4 is 17.3 Å². The molecule has 1 rings (SSSR count). The Morgan fingerprint density at radius 3 is 2.55 bits per heavy atom. The molecular weight excluding hydrogens is 256 g/mol. The molecule has 20 heavy (non-hydrogen) atoms. The molecule has 0 aromatic heterocycles. The van der Waals surface area contributed by atoms with E-state index in [-0.39, 0.29) is 18.6 Å². The van der Waals surface area contributed by atoms with E-state index in [1.54, 1.807) is 0 Å². The zero-order valence-electron chi connectivity index (χ0n) is 12.4. The molecule has 0 aliphatic carbocycles. The number of carbonyl (C=O) groups is 1. The molecule has 0 fully saturated rings. The molecule has 1 aromatic carbocycles. The summed E-state index contributed by atoms with van der Waals surface area (Å²) >= 11 is 0. The van der Waals surface area contributed by atoms with Crippen LogP contribution < -0.4 is 10.2 Å². The van der Waals surface area contributed by atoms with Crippen molar-refractivity contribution in [3.63, 3.8) is 0 Å². The lowest BCUT2D eigenvalue weighted by Crippen LogP contribution is -2.21. The van der Waals surface area contributed by atoms with Gasteiger partial charge in [-0.3, -0.25) is 4.79 Å². The first-order valence-corrected chi connectivity index (χ1v) is 6.86. The number of benzene rings is 1. The molecule has 0 bridgehead atoms. The fourth-order valence-corrected chi connectivity index (χ4v) is 1.69. The number of nitrogens with one attached hydrogen (secondary N) is 1. The third-order valence-corrected chi connectivity index (χ3v) is 2.81. The number of rotatable bonds is 8. The van der Waals surface area contributed by atoms with Gasteiger partial charge in [-0.05, 0) is 38.1 Å². The number of amides is 1. The minimum absolute atomic E-state index is 0.0536. The quantitative estimate of drug-likeness (QED) is 0.763. The maximum absolute atomic E-state index is 11.7. The van der Waals surface area contributed by atoms with Gasteiger partial charge < -0.3 is 20.1 Å². The zero-order valence-corrected chi connectivity index (χ0v) is 12.4. The lowest BCUT2D eigenvalue weighted by atomic mass is 10.2. The topological polar surface area (TPSA) is 61.8 Å². The van der Waals surface area contributed by atoms with Gasteiger partial charge in [0.2, 0.25) is 5.91 Å². The molecule has 1 aromatic rings. The van der Waals surface area contributed by atoms with Crippen LogP contribution in [-0.4, -0.2) is 43.9 Å². The molecule has 0 aliphatic heterocycles. The second kappa shape index (κ2) is 8.55. The summed E-state index contributed by atoms with van der Waals surface area (Å²) in [5.74, 6) is -0.0536. The number of aliphatic hydroxyl groups excluding tert-OH is 1. The van der Waals surface area contributed by atoms with Gasteiger partial charge >= 0.3 is 0 Å². The molecule has 5 nitrogen and oxygen atoms in total. The lowest BCUT2D eigenvalue weighted by molar-refractivity contribution is -0.117. The van der Waals surface area contributed by atoms with Gasteiger partial charge in [-0.25, -0.2) is 0 Å². The SMILES string of the molecule is CC(C)OCCC(=O)Nc1ccc(N(C)CCO)cc1. The van der Waals surface area contributed by atoms with Gasteiger partial charge in [-0.1, -0.05) is 0 Å². The molecule has 0 unspecified atom stereocenters. The van der Waals surface area contributed by atoms with Crippen molar-refractivity contribution in [2.24, 2.45) is 0 Å². The van der Waals surface area contributed by atoms with Crippen LogP contribution in [0.1, 0.15) is 20.3 Å². The number of hydrogen-bond acceptors (Lipinski definition) is 4. The van der Waals surface area contributed by atoms with Gasteiger partial charge in [0.1, 0.15) is 0 Å². The molecule has 0 aliphatic rings. The van der Waals surface area contributed by atoms with Crippen LogP contribution in [-0.2, 0) is 9.53 Å². The highest BCUT2D eigenvalue weighted by atomic mass is 16.5. The van der Waals surface area contributed by atoms with Gasteiger partial charge in [0, 0.05) is 25.0 Å². The summed E-state index contributed by atoms with van der Waals surface area (Å²) < 4.78 is 5.34. The van der Waals surface area contributed by atoms with Crippen LogP contribution in [0.25, 0.3) is 0 Å². The van der Waals surface area contributed by atoms with Gasteiger partial charge in [0.25, 0.3) is 0 Å². The Bertz CT molecular complexity index is 404. The monoisotopic (exact) mass is 280 g/mol. The number of anilines is 2. The van der Waals surface area contributed by atoms with E-state index in [1.807, 2.05) is 50.1 Å². The number of ether oxygens (including phenoxy) is 1. The fourth-order valence-electron chi connectivity index (χ4n) is 1.69. The summed E-state index contributed by atoms with van der Waals surface area (Å²) in [7, 11) is 1.91. The number of carbonyl (C=O) groups excluding carboxylic acids is 1. The first-order valence-electron chi connectivity index (χ1n) is 6.86. The van der Waals surface area contributed by atoms with Crippen molar-refractivity contribution in [1.29, 1.82) is 0 Å². The molecule has 0 heterocycles. The highest BCUT2D eigenvalue weighted by molar-refractivity contribution is 5.90. The zero-order chi connectivity index (χ0) is 15.0. The Balaban J connectivity index is 2.42. The molecule has 0 saturated heterocycles. The summed E-state index contributed by atoms with van der Waals surface area (Å²) in [5.41, 5.74) is 1.76. The Kier molecular flexibility index (Phi) is 7.04. The third kappa shape index (κ3) is 6.04. The summed E-state index contributed by atoms with van der Waals surface area (Å²) in [6.45, 7) is 5.02. The maximum Gasteiger partial charge on any atom is 0.226 e. The first kappa shape index (κ1) is 16.5. The van der Waals surface area contributed by atoms with Crippen molar-refractivity contribution in [3.05, 3.63) is 24.3 Å². The molecule has 0 spiro atoms. The van der Waals surface area contributed by atoms with Gasteiger partial charge in [0.05, 0.1) is 25.7 Å². The highest BCUT2D eigenvalue weighted by Gasteiger charge is 2.04. The first-order chi connectivity index (χ1) is 9.52. The van der Waals surface area contributed by atoms with Crippen molar-refractivity contribution in [2.75, 3.05) is 37.0 Å². The summed E-state index contributed by atoms with van der Waals surface area (Å²) in [6, 6.07) is 7.53. The van der Waals surface area contributed by atoms with E-state index in [1.165, 1.54) is 0 Å². The molecule has 2 N–H and O–H groups in total. The van der Waals surface area contributed by atoms with E-state index >= 15 is 0 Å². The van der Waals surface area contributed by atoms with Crippen LogP contribution in [0.2, 0.25) is 0 Å². The number of hydrogen-bond donors (Lipinski definition) is 2. The summed E-state index contributed by atoms with van der Waals surface area (Å²) in [6.07, 6.45) is 0.494. The molecule has 1 amide bonds. The van der Waals surface area contributed by atoms with Crippen molar-refractivity contribution < 1.29 is 14.6 Å². The van der Waals surface area contributed by atoms with E-state index in [0.29, 0.717) is 19.6 Å². The van der Waals surface area contributed by atoms with Crippen molar-refractivity contribution in [2.45, 2.75) is 26.4 Å². The summed E-state index contributed by atoms with van der Waals surface area (Å²) in [5, 5.41) is 11.7. The average molecular weight is 280 g/mol. The van der Waals surface area contributed by atoms with Gasteiger partial charge in [-0.2, -0.15) is 0 Å². The van der Waals surface area contributed by atoms with E-state index in [0.717, 1.165) is 11.4 Å². The van der Waals surface area contributed by atoms with E-state index < -0.39 is 0 Å². The molecule has 112 valence electrons. The Morgan fingerprint density at radius 2 is 2.00 bits per heavy atom. The second-order valence-corrected chi connectivity index (χ2v) is 4.91. The highest BCUT2D eigenvalue weighted by Crippen LogP contribution is 2.16. The average Bonchev–Trinajstić information content (AvgIpc) is 2.39. The second-order valence-electron chi connectivity index (χ2n) is 4.91. The van der Waals surface area contributed by atoms with Crippen LogP contribution in [0.3, 0.4) is 0 Å². The smallest absolute Gasteiger partial charge is 0.226 e. The van der Waals surface area contributed by atoms with Crippen LogP contribution in [0.4, 0.5) is 11.4 Å². The van der Waals surface area contributed by atoms with Crippen LogP contribution in [0, 0.1) is 0 Å². The van der Waals surface area contributed by atoms with E-state index in [4.69, 9.17) is 9.84 Å². The largest absolute Gasteiger partial charge is 0.395 e. The predicted octanol–water partition coefficient (Wildman–Crippen LogP) is 1.87. The molecule has 0 atom stereocenters. The van der Waals surface area contributed by atoms with Crippen LogP contribution in [0.15, 0.2) is 24.3 Å². The van der Waals surface area contributed by atoms with Gasteiger partial charge in [-0.15, -0.1) is 0 Å². The maximum atomic E-state index is 11.7. The standard InChI is InChI=1S/C15H24N2O3/c1-12(2)20-11-8-15(19)16-13-4-6-14(7-5-13)17(3)9-10-18/h4-7,12,18H,8-11H2,1-3H3,(H,16,19). The molecule has 0 saturated carbocycles. The Labute approximate surface area is 120 Å². The Hall–Kier alpha value is -1.59. The third-order valence-electron chi connectivity index (χ3n) is 2.81. The minimum Gasteiger partial charge on any atom is -0.395 e. The van der Waals surface area contributed by atoms with E-state index in [9.17, 15) is 4.79 Å². The Morgan fingerprint density at radius 1 is 1.35 bits per heavy atom. The van der Waals surface area contributed by atoms with Crippen LogP contribution in [0.5, 0.6) is 0 Å². The molecule has 0 radical (unpaired) electrons. The lowest BCUT2D eigenvalue weighted by Gasteiger charge is -2.18. The van der Waals surface area contributed by atoms with Crippen molar-refractivity contribution in [1.82, 2.24) is 0 Å². The number of nitrogens with zero attached hydrogens (tertiary/aromatic N) is 1. The number of aliphatic hydroxyl groups is 1. The minimum atomic E-state index is -0.0536. The normalized spacial score (nSPS) is 10.7. The van der Waals surface area contributed by atoms with E-state index in [2.05, 4.69) is 5.32 Å². The summed E-state index contributed by atoms with van der Waals surface area (Å²) in [4.78, 5) is 13.6.